The van der Waals surface area contributed by atoms with Gasteiger partial charge in [0, 0.05) is 0 Å². The molecule has 0 bridgehead atoms. The van der Waals surface area contributed by atoms with Crippen molar-refractivity contribution in [2.24, 2.45) is 11.3 Å². The molecule has 8 heteroatoms. The molecule has 8 nitrogen and oxygen atoms in total. The second kappa shape index (κ2) is 9.82. The number of hydrogen-bond donors (Lipinski definition) is 3. The van der Waals surface area contributed by atoms with Crippen LogP contribution in [0.2, 0.25) is 0 Å². The Morgan fingerprint density at radius 1 is 1.00 bits per heavy atom. The van der Waals surface area contributed by atoms with Crippen molar-refractivity contribution in [1.29, 1.82) is 0 Å². The molecule has 30 heavy (non-hydrogen) atoms. The van der Waals surface area contributed by atoms with Crippen molar-refractivity contribution in [1.82, 2.24) is 15.8 Å². The number of hydrogen-bond acceptors (Lipinski definition) is 4. The lowest BCUT2D eigenvalue weighted by Crippen LogP contribution is -2.58. The maximum absolute atomic E-state index is 13.2. The van der Waals surface area contributed by atoms with E-state index in [1.165, 1.54) is 0 Å². The van der Waals surface area contributed by atoms with E-state index in [0.717, 1.165) is 10.6 Å². The smallest absolute Gasteiger partial charge is 0.423 e. The van der Waals surface area contributed by atoms with Crippen LogP contribution in [-0.4, -0.2) is 39.9 Å². The standard InChI is InChI=1S/C22H35N3O5/c1-14(2)16(18(26)30-22(6,7)8)23-19(27)25(24-20(28)29)17(21(3,4)5)15-12-10-9-11-13-15/h9-14,16-17,24H,1-8H3,(H,23,27)(H,28,29). The van der Waals surface area contributed by atoms with E-state index in [1.807, 2.05) is 51.1 Å². The quantitative estimate of drug-likeness (QED) is 0.484. The second-order valence-electron chi connectivity index (χ2n) is 9.67. The van der Waals surface area contributed by atoms with Gasteiger partial charge in [0.05, 0.1) is 6.04 Å². The molecule has 0 saturated carbocycles. The zero-order valence-electron chi connectivity index (χ0n) is 19.1. The number of nitrogens with one attached hydrogen (secondary N) is 2. The maximum atomic E-state index is 13.2. The van der Waals surface area contributed by atoms with Gasteiger partial charge in [-0.05, 0) is 37.7 Å². The summed E-state index contributed by atoms with van der Waals surface area (Å²) in [5.74, 6) is -0.839. The van der Waals surface area contributed by atoms with Gasteiger partial charge >= 0.3 is 18.1 Å². The highest BCUT2D eigenvalue weighted by atomic mass is 16.6. The van der Waals surface area contributed by atoms with Gasteiger partial charge in [-0.2, -0.15) is 0 Å². The lowest BCUT2D eigenvalue weighted by molar-refractivity contribution is -0.158. The third-order valence-electron chi connectivity index (χ3n) is 4.24. The first-order valence-electron chi connectivity index (χ1n) is 10.0. The molecule has 0 heterocycles. The van der Waals surface area contributed by atoms with Gasteiger partial charge in [-0.3, -0.25) is 0 Å². The third-order valence-corrected chi connectivity index (χ3v) is 4.24. The molecule has 2 unspecified atom stereocenters. The van der Waals surface area contributed by atoms with E-state index < -0.39 is 41.2 Å². The van der Waals surface area contributed by atoms with Crippen molar-refractivity contribution < 1.29 is 24.2 Å². The van der Waals surface area contributed by atoms with Gasteiger partial charge in [-0.25, -0.2) is 24.8 Å². The molecule has 2 atom stereocenters. The zero-order valence-corrected chi connectivity index (χ0v) is 19.1. The van der Waals surface area contributed by atoms with Gasteiger partial charge in [-0.1, -0.05) is 65.0 Å². The summed E-state index contributed by atoms with van der Waals surface area (Å²) in [5.41, 5.74) is 1.73. The topological polar surface area (TPSA) is 108 Å². The predicted molar refractivity (Wildman–Crippen MR) is 115 cm³/mol. The first-order chi connectivity index (χ1) is 13.6. The molecule has 3 N–H and O–H groups in total. The van der Waals surface area contributed by atoms with Crippen LogP contribution >= 0.6 is 0 Å². The summed E-state index contributed by atoms with van der Waals surface area (Å²) in [4.78, 5) is 37.3. The molecule has 0 fully saturated rings. The predicted octanol–water partition coefficient (Wildman–Crippen LogP) is 4.33. The number of esters is 1. The van der Waals surface area contributed by atoms with Crippen LogP contribution in [0.1, 0.15) is 67.0 Å². The average molecular weight is 422 g/mol. The Labute approximate surface area is 178 Å². The summed E-state index contributed by atoms with van der Waals surface area (Å²) in [7, 11) is 0. The SMILES string of the molecule is CC(C)C(NC(=O)N(NC(=O)O)C(c1ccccc1)C(C)(C)C)C(=O)OC(C)(C)C. The summed E-state index contributed by atoms with van der Waals surface area (Å²) < 4.78 is 5.43. The number of carbonyl (C=O) groups is 3. The van der Waals surface area contributed by atoms with Crippen LogP contribution in [0.4, 0.5) is 9.59 Å². The largest absolute Gasteiger partial charge is 0.464 e. The van der Waals surface area contributed by atoms with Gasteiger partial charge in [0.25, 0.3) is 0 Å². The van der Waals surface area contributed by atoms with E-state index in [2.05, 4.69) is 10.7 Å². The maximum Gasteiger partial charge on any atom is 0.423 e. The summed E-state index contributed by atoms with van der Waals surface area (Å²) in [6, 6.07) is 6.85. The normalized spacial score (nSPS) is 13.9. The number of carboxylic acid groups (broad SMARTS) is 1. The van der Waals surface area contributed by atoms with Crippen molar-refractivity contribution in [2.45, 2.75) is 73.1 Å². The Bertz CT molecular complexity index is 735. The first kappa shape index (κ1) is 25.3. The molecule has 168 valence electrons. The molecule has 0 saturated heterocycles. The Morgan fingerprint density at radius 2 is 1.53 bits per heavy atom. The van der Waals surface area contributed by atoms with E-state index in [4.69, 9.17) is 4.74 Å². The zero-order chi connectivity index (χ0) is 23.3. The summed E-state index contributed by atoms with van der Waals surface area (Å²) in [6.07, 6.45) is -1.38. The molecule has 1 rings (SSSR count). The minimum atomic E-state index is -1.38. The van der Waals surface area contributed by atoms with Crippen LogP contribution < -0.4 is 10.7 Å². The van der Waals surface area contributed by atoms with Crippen LogP contribution in [0.15, 0.2) is 30.3 Å². The fourth-order valence-electron chi connectivity index (χ4n) is 3.07. The van der Waals surface area contributed by atoms with Crippen LogP contribution in [0.5, 0.6) is 0 Å². The van der Waals surface area contributed by atoms with E-state index >= 15 is 0 Å². The number of nitrogens with zero attached hydrogens (tertiary/aromatic N) is 1. The fraction of sp³-hybridized carbons (Fsp3) is 0.591. The number of ether oxygens (including phenoxy) is 1. The van der Waals surface area contributed by atoms with E-state index in [-0.39, 0.29) is 5.92 Å². The molecule has 1 aromatic carbocycles. The fourth-order valence-corrected chi connectivity index (χ4v) is 3.07. The van der Waals surface area contributed by atoms with Gasteiger partial charge in [0.1, 0.15) is 11.6 Å². The molecular formula is C22H35N3O5. The lowest BCUT2D eigenvalue weighted by atomic mass is 9.82. The van der Waals surface area contributed by atoms with Gasteiger partial charge < -0.3 is 15.2 Å². The lowest BCUT2D eigenvalue weighted by Gasteiger charge is -2.40. The highest BCUT2D eigenvalue weighted by Gasteiger charge is 2.38. The Hall–Kier alpha value is -2.77. The molecular weight excluding hydrogens is 386 g/mol. The van der Waals surface area contributed by atoms with Crippen LogP contribution in [0.25, 0.3) is 0 Å². The minimum absolute atomic E-state index is 0.264. The van der Waals surface area contributed by atoms with E-state index in [1.54, 1.807) is 34.6 Å². The van der Waals surface area contributed by atoms with E-state index in [0.29, 0.717) is 0 Å². The first-order valence-corrected chi connectivity index (χ1v) is 10.0. The van der Waals surface area contributed by atoms with Gasteiger partial charge in [0.15, 0.2) is 0 Å². The van der Waals surface area contributed by atoms with Crippen LogP contribution in [0, 0.1) is 11.3 Å². The van der Waals surface area contributed by atoms with Crippen molar-refractivity contribution in [2.75, 3.05) is 0 Å². The highest BCUT2D eigenvalue weighted by Crippen LogP contribution is 2.37. The van der Waals surface area contributed by atoms with Crippen molar-refractivity contribution in [3.05, 3.63) is 35.9 Å². The summed E-state index contributed by atoms with van der Waals surface area (Å²) in [5, 5.41) is 13.1. The number of urea groups is 1. The Kier molecular flexibility index (Phi) is 8.27. The van der Waals surface area contributed by atoms with Crippen molar-refractivity contribution in [3.63, 3.8) is 0 Å². The second-order valence-corrected chi connectivity index (χ2v) is 9.67. The molecule has 1 aromatic rings. The van der Waals surface area contributed by atoms with Gasteiger partial charge in [0.2, 0.25) is 0 Å². The van der Waals surface area contributed by atoms with Gasteiger partial charge in [-0.15, -0.1) is 0 Å². The summed E-state index contributed by atoms with van der Waals surface area (Å²) in [6.45, 7) is 14.5. The number of rotatable bonds is 5. The Morgan fingerprint density at radius 3 is 1.93 bits per heavy atom. The number of benzene rings is 1. The highest BCUT2D eigenvalue weighted by molar-refractivity contribution is 5.85. The average Bonchev–Trinajstić information content (AvgIpc) is 2.56. The molecule has 0 aliphatic rings. The van der Waals surface area contributed by atoms with Crippen LogP contribution in [0.3, 0.4) is 0 Å². The van der Waals surface area contributed by atoms with E-state index in [9.17, 15) is 19.5 Å². The number of carbonyl (C=O) groups excluding carboxylic acids is 2. The van der Waals surface area contributed by atoms with Crippen LogP contribution in [-0.2, 0) is 9.53 Å². The Balaban J connectivity index is 3.29. The molecule has 0 aromatic heterocycles. The van der Waals surface area contributed by atoms with Crippen molar-refractivity contribution in [3.8, 4) is 0 Å². The number of hydrazine groups is 1. The number of amides is 3. The van der Waals surface area contributed by atoms with Crippen molar-refractivity contribution >= 4 is 18.1 Å². The summed E-state index contributed by atoms with van der Waals surface area (Å²) >= 11 is 0. The minimum Gasteiger partial charge on any atom is -0.464 e. The molecule has 0 aliphatic carbocycles. The molecule has 0 radical (unpaired) electrons. The molecule has 3 amide bonds. The third kappa shape index (κ3) is 7.57. The molecule has 0 aliphatic heterocycles. The monoisotopic (exact) mass is 421 g/mol. The molecule has 0 spiro atoms.